The van der Waals surface area contributed by atoms with Crippen molar-refractivity contribution in [1.29, 1.82) is 0 Å². The number of nitrogens with zero attached hydrogens (tertiary/aromatic N) is 1. The number of hydrogen-bond donors (Lipinski definition) is 1. The first-order valence-corrected chi connectivity index (χ1v) is 7.76. The zero-order valence-corrected chi connectivity index (χ0v) is 12.6. The molecule has 2 nitrogen and oxygen atoms in total. The van der Waals surface area contributed by atoms with Crippen LogP contribution in [-0.2, 0) is 6.54 Å². The van der Waals surface area contributed by atoms with Crippen LogP contribution in [0.2, 0.25) is 5.02 Å². The summed E-state index contributed by atoms with van der Waals surface area (Å²) in [5.41, 5.74) is 7.33. The molecule has 2 unspecified atom stereocenters. The van der Waals surface area contributed by atoms with Crippen LogP contribution < -0.4 is 5.73 Å². The summed E-state index contributed by atoms with van der Waals surface area (Å²) in [7, 11) is 0. The molecule has 2 aliphatic heterocycles. The van der Waals surface area contributed by atoms with Gasteiger partial charge >= 0.3 is 0 Å². The molecule has 2 fully saturated rings. The van der Waals surface area contributed by atoms with E-state index in [0.29, 0.717) is 18.1 Å². The summed E-state index contributed by atoms with van der Waals surface area (Å²) in [5, 5.41) is 0.860. The Bertz CT molecular complexity index is 437. The van der Waals surface area contributed by atoms with Crippen molar-refractivity contribution in [3.8, 4) is 0 Å². The van der Waals surface area contributed by atoms with Gasteiger partial charge in [-0.05, 0) is 43.4 Å². The second-order valence-corrected chi connectivity index (χ2v) is 6.85. The Morgan fingerprint density at radius 3 is 2.56 bits per heavy atom. The zero-order valence-electron chi connectivity index (χ0n) is 10.3. The van der Waals surface area contributed by atoms with E-state index in [1.807, 2.05) is 6.07 Å². The van der Waals surface area contributed by atoms with Crippen LogP contribution in [-0.4, -0.2) is 23.0 Å². The predicted octanol–water partition coefficient (Wildman–Crippen LogP) is 3.56. The SMILES string of the molecule is NC1CC2CCC(C1)N2Cc1ccc(Br)cc1Cl. The van der Waals surface area contributed by atoms with Gasteiger partial charge < -0.3 is 5.73 Å². The van der Waals surface area contributed by atoms with E-state index in [2.05, 4.69) is 33.0 Å². The second kappa shape index (κ2) is 5.12. The first-order valence-electron chi connectivity index (χ1n) is 6.59. The molecule has 0 aliphatic carbocycles. The van der Waals surface area contributed by atoms with Crippen LogP contribution in [0.4, 0.5) is 0 Å². The smallest absolute Gasteiger partial charge is 0.0462 e. The van der Waals surface area contributed by atoms with E-state index < -0.39 is 0 Å². The molecule has 1 aromatic carbocycles. The molecule has 98 valence electrons. The minimum absolute atomic E-state index is 0.402. The van der Waals surface area contributed by atoms with Crippen molar-refractivity contribution in [3.63, 3.8) is 0 Å². The molecule has 2 bridgehead atoms. The van der Waals surface area contributed by atoms with E-state index in [4.69, 9.17) is 17.3 Å². The molecule has 1 aromatic rings. The lowest BCUT2D eigenvalue weighted by Gasteiger charge is -2.37. The van der Waals surface area contributed by atoms with Gasteiger partial charge in [-0.1, -0.05) is 33.6 Å². The monoisotopic (exact) mass is 328 g/mol. The largest absolute Gasteiger partial charge is 0.328 e. The topological polar surface area (TPSA) is 29.3 Å². The van der Waals surface area contributed by atoms with Crippen molar-refractivity contribution < 1.29 is 0 Å². The normalized spacial score (nSPS) is 31.8. The van der Waals surface area contributed by atoms with Crippen molar-refractivity contribution in [1.82, 2.24) is 4.90 Å². The van der Waals surface area contributed by atoms with Gasteiger partial charge in [0, 0.05) is 34.2 Å². The lowest BCUT2D eigenvalue weighted by Crippen LogP contribution is -2.46. The van der Waals surface area contributed by atoms with E-state index in [1.54, 1.807) is 0 Å². The highest BCUT2D eigenvalue weighted by atomic mass is 79.9. The molecule has 18 heavy (non-hydrogen) atoms. The fourth-order valence-electron chi connectivity index (χ4n) is 3.42. The van der Waals surface area contributed by atoms with Crippen LogP contribution in [0.25, 0.3) is 0 Å². The fraction of sp³-hybridized carbons (Fsp3) is 0.571. The number of fused-ring (bicyclic) bond motifs is 2. The highest BCUT2D eigenvalue weighted by Gasteiger charge is 2.39. The van der Waals surface area contributed by atoms with Gasteiger partial charge in [0.1, 0.15) is 0 Å². The third kappa shape index (κ3) is 2.46. The first kappa shape index (κ1) is 12.9. The average molecular weight is 330 g/mol. The van der Waals surface area contributed by atoms with Gasteiger partial charge in [0.2, 0.25) is 0 Å². The number of nitrogens with two attached hydrogens (primary N) is 1. The van der Waals surface area contributed by atoms with Crippen LogP contribution in [0, 0.1) is 0 Å². The quantitative estimate of drug-likeness (QED) is 0.899. The summed E-state index contributed by atoms with van der Waals surface area (Å²) < 4.78 is 1.04. The van der Waals surface area contributed by atoms with Crippen molar-refractivity contribution in [2.75, 3.05) is 0 Å². The Hall–Kier alpha value is -0.0900. The Labute approximate surface area is 122 Å². The van der Waals surface area contributed by atoms with E-state index >= 15 is 0 Å². The number of piperidine rings is 1. The van der Waals surface area contributed by atoms with Gasteiger partial charge in [-0.2, -0.15) is 0 Å². The summed E-state index contributed by atoms with van der Waals surface area (Å²) in [6.07, 6.45) is 4.88. The third-order valence-corrected chi connectivity index (χ3v) is 5.13. The standard InChI is InChI=1S/C14H18BrClN2/c15-10-2-1-9(14(16)5-10)8-18-12-3-4-13(18)7-11(17)6-12/h1-2,5,11-13H,3-4,6-8,17H2. The second-order valence-electron chi connectivity index (χ2n) is 5.52. The van der Waals surface area contributed by atoms with E-state index in [-0.39, 0.29) is 0 Å². The van der Waals surface area contributed by atoms with Crippen LogP contribution >= 0.6 is 27.5 Å². The van der Waals surface area contributed by atoms with Crippen molar-refractivity contribution in [3.05, 3.63) is 33.3 Å². The van der Waals surface area contributed by atoms with Crippen molar-refractivity contribution >= 4 is 27.5 Å². The molecule has 0 aromatic heterocycles. The van der Waals surface area contributed by atoms with Crippen LogP contribution in [0.15, 0.2) is 22.7 Å². The summed E-state index contributed by atoms with van der Waals surface area (Å²) in [5.74, 6) is 0. The van der Waals surface area contributed by atoms with E-state index in [9.17, 15) is 0 Å². The molecule has 0 amide bonds. The van der Waals surface area contributed by atoms with Gasteiger partial charge in [0.15, 0.2) is 0 Å². The maximum atomic E-state index is 6.31. The number of halogens is 2. The number of benzene rings is 1. The third-order valence-electron chi connectivity index (χ3n) is 4.29. The maximum Gasteiger partial charge on any atom is 0.0462 e. The summed E-state index contributed by atoms with van der Waals surface area (Å²) >= 11 is 9.76. The molecule has 3 rings (SSSR count). The highest BCUT2D eigenvalue weighted by Crippen LogP contribution is 2.37. The summed E-state index contributed by atoms with van der Waals surface area (Å²) in [4.78, 5) is 2.61. The lowest BCUT2D eigenvalue weighted by atomic mass is 9.97. The van der Waals surface area contributed by atoms with E-state index in [0.717, 1.165) is 28.9 Å². The van der Waals surface area contributed by atoms with Gasteiger partial charge in [0.05, 0.1) is 0 Å². The van der Waals surface area contributed by atoms with Gasteiger partial charge in [-0.25, -0.2) is 0 Å². The molecule has 0 radical (unpaired) electrons. The lowest BCUT2D eigenvalue weighted by molar-refractivity contribution is 0.120. The molecule has 2 saturated heterocycles. The molecule has 0 saturated carbocycles. The summed E-state index contributed by atoms with van der Waals surface area (Å²) in [6.45, 7) is 0.966. The van der Waals surface area contributed by atoms with Crippen molar-refractivity contribution in [2.45, 2.75) is 50.4 Å². The average Bonchev–Trinajstić information content (AvgIpc) is 2.56. The van der Waals surface area contributed by atoms with Gasteiger partial charge in [-0.3, -0.25) is 4.90 Å². The molecule has 2 atom stereocenters. The minimum atomic E-state index is 0.402. The molecule has 2 aliphatic rings. The molecule has 2 heterocycles. The molecular weight excluding hydrogens is 312 g/mol. The van der Waals surface area contributed by atoms with Gasteiger partial charge in [0.25, 0.3) is 0 Å². The Balaban J connectivity index is 1.77. The minimum Gasteiger partial charge on any atom is -0.328 e. The van der Waals surface area contributed by atoms with Crippen LogP contribution in [0.5, 0.6) is 0 Å². The molecule has 2 N–H and O–H groups in total. The molecule has 4 heteroatoms. The number of hydrogen-bond acceptors (Lipinski definition) is 2. The van der Waals surface area contributed by atoms with Crippen LogP contribution in [0.1, 0.15) is 31.2 Å². The fourth-order valence-corrected chi connectivity index (χ4v) is 4.15. The van der Waals surface area contributed by atoms with E-state index in [1.165, 1.54) is 18.4 Å². The number of rotatable bonds is 2. The summed E-state index contributed by atoms with van der Waals surface area (Å²) in [6, 6.07) is 7.91. The van der Waals surface area contributed by atoms with Crippen molar-refractivity contribution in [2.24, 2.45) is 5.73 Å². The van der Waals surface area contributed by atoms with Crippen LogP contribution in [0.3, 0.4) is 0 Å². The molecule has 0 spiro atoms. The maximum absolute atomic E-state index is 6.31. The Kier molecular flexibility index (Phi) is 3.68. The first-order chi connectivity index (χ1) is 8.63. The zero-order chi connectivity index (χ0) is 12.7. The Morgan fingerprint density at radius 2 is 1.94 bits per heavy atom. The Morgan fingerprint density at radius 1 is 1.28 bits per heavy atom. The predicted molar refractivity (Wildman–Crippen MR) is 78.7 cm³/mol. The van der Waals surface area contributed by atoms with Gasteiger partial charge in [-0.15, -0.1) is 0 Å². The molecular formula is C14H18BrClN2. The highest BCUT2D eigenvalue weighted by molar-refractivity contribution is 9.10.